The first-order chi connectivity index (χ1) is 2.24. The van der Waals surface area contributed by atoms with Crippen LogP contribution in [0.15, 0.2) is 0 Å². The van der Waals surface area contributed by atoms with Crippen LogP contribution in [-0.2, 0) is 30.6 Å². The second-order valence-electron chi connectivity index (χ2n) is 0.556. The molecule has 46 valence electrons. The van der Waals surface area contributed by atoms with E-state index in [4.69, 9.17) is 19.3 Å². The van der Waals surface area contributed by atoms with E-state index < -0.39 is 11.2 Å². The van der Waals surface area contributed by atoms with E-state index in [-0.39, 0.29) is 0 Å². The molecule has 0 radical (unpaired) electrons. The minimum absolute atomic E-state index is 7.29. The van der Waals surface area contributed by atoms with Crippen molar-refractivity contribution in [3.05, 3.63) is 0 Å². The van der Waals surface area contributed by atoms with Crippen molar-refractivity contribution in [2.75, 3.05) is 0 Å². The van der Waals surface area contributed by atoms with Crippen molar-refractivity contribution < 1.29 is 30.6 Å². The molecule has 0 aromatic heterocycles. The number of rotatable bonds is 0. The second kappa shape index (κ2) is 0.613. The van der Waals surface area contributed by atoms with E-state index >= 15 is 0 Å². The van der Waals surface area contributed by atoms with Gasteiger partial charge in [0, 0.05) is 0 Å². The van der Waals surface area contributed by atoms with Crippen molar-refractivity contribution in [2.45, 2.75) is 0 Å². The molecule has 0 atom stereocenters. The summed E-state index contributed by atoms with van der Waals surface area (Å²) in [5, 5.41) is 0. The number of hydrogen-bond donors (Lipinski definition) is 0. The van der Waals surface area contributed by atoms with Crippen LogP contribution >= 0.6 is 0 Å². The van der Waals surface area contributed by atoms with Gasteiger partial charge < -0.3 is 0 Å². The molecule has 0 N–H and O–H groups in total. The molecule has 0 aliphatic rings. The molecule has 0 fully saturated rings. The van der Waals surface area contributed by atoms with Gasteiger partial charge in [-0.15, -0.1) is 0 Å². The van der Waals surface area contributed by atoms with E-state index in [0.29, 0.717) is 0 Å². The van der Waals surface area contributed by atoms with Gasteiger partial charge in [-0.05, 0) is 0 Å². The molecule has 5 nitrogen and oxygen atoms in total. The van der Waals surface area contributed by atoms with Crippen LogP contribution in [-0.4, -0.2) is 0 Å². The molecule has 6 heteroatoms. The molecule has 0 aromatic carbocycles. The molecule has 0 unspecified atom stereocenters. The van der Waals surface area contributed by atoms with Crippen molar-refractivity contribution >= 4 is 0 Å². The van der Waals surface area contributed by atoms with Crippen molar-refractivity contribution in [1.82, 2.24) is 0 Å². The zero-order valence-electron chi connectivity index (χ0n) is 2.37. The Morgan fingerprint density at radius 2 is 0.667 bits per heavy atom. The molecule has 0 bridgehead atoms. The normalized spacial score (nSPS) is 18.3. The third-order valence-electron chi connectivity index (χ3n) is 0. The molecule has 0 saturated heterocycles. The fourth-order valence-corrected chi connectivity index (χ4v) is 0. The Kier molecular flexibility index (Phi) is 0.563. The summed E-state index contributed by atoms with van der Waals surface area (Å²) >= 11 is -7.29. The standard InChI is InChI=1S/Co.5O/q-7;;;;;. The Balaban J connectivity index is 7.45. The summed E-state index contributed by atoms with van der Waals surface area (Å²) in [6.45, 7) is 0. The minimum atomic E-state index is -7.29. The van der Waals surface area contributed by atoms with Gasteiger partial charge in [-0.3, -0.25) is 0 Å². The molecular weight excluding hydrogens is 139 g/mol. The first-order valence-corrected chi connectivity index (χ1v) is 2.81. The molecular formula is CoO5-7. The molecule has 6 heavy (non-hydrogen) atoms. The van der Waals surface area contributed by atoms with Crippen LogP contribution in [0.4, 0.5) is 0 Å². The monoisotopic (exact) mass is 139 g/mol. The second-order valence-corrected chi connectivity index (χ2v) is 2.29. The van der Waals surface area contributed by atoms with Gasteiger partial charge in [-0.25, -0.2) is 0 Å². The third kappa shape index (κ3) is 90.5. The molecule has 0 spiro atoms. The first-order valence-electron chi connectivity index (χ1n) is 0.680. The van der Waals surface area contributed by atoms with E-state index in [1.807, 2.05) is 0 Å². The summed E-state index contributed by atoms with van der Waals surface area (Å²) in [5.74, 6) is 0. The quantitative estimate of drug-likeness (QED) is 0.447. The van der Waals surface area contributed by atoms with Gasteiger partial charge in [0.15, 0.2) is 0 Å². The van der Waals surface area contributed by atoms with Crippen LogP contribution in [0.3, 0.4) is 0 Å². The zero-order valence-corrected chi connectivity index (χ0v) is 3.42. The summed E-state index contributed by atoms with van der Waals surface area (Å²) in [7, 11) is 0. The van der Waals surface area contributed by atoms with Crippen LogP contribution in [0.1, 0.15) is 0 Å². The molecule has 0 saturated carbocycles. The van der Waals surface area contributed by atoms with Crippen molar-refractivity contribution in [3.63, 3.8) is 0 Å². The predicted molar refractivity (Wildman–Crippen MR) is 3.43 cm³/mol. The van der Waals surface area contributed by atoms with Gasteiger partial charge in [0.1, 0.15) is 0 Å². The van der Waals surface area contributed by atoms with E-state index in [1.165, 1.54) is 0 Å². The topological polar surface area (TPSA) is 85.3 Å². The zero-order chi connectivity index (χ0) is 5.45. The van der Waals surface area contributed by atoms with E-state index in [9.17, 15) is 0 Å². The van der Waals surface area contributed by atoms with Gasteiger partial charge in [0.25, 0.3) is 0 Å². The maximum atomic E-state index is 8.59. The Bertz CT molecular complexity index is 274. The van der Waals surface area contributed by atoms with Crippen LogP contribution in [0.2, 0.25) is 0 Å². The van der Waals surface area contributed by atoms with Crippen LogP contribution in [0.5, 0.6) is 0 Å². The van der Waals surface area contributed by atoms with Gasteiger partial charge in [0.05, 0.1) is 0 Å². The Hall–Kier alpha value is -0.494. The summed E-state index contributed by atoms with van der Waals surface area (Å²) in [6, 6.07) is 0. The van der Waals surface area contributed by atoms with Gasteiger partial charge in [0.2, 0.25) is 0 Å². The summed E-state index contributed by atoms with van der Waals surface area (Å²) in [6.07, 6.45) is 0. The van der Waals surface area contributed by atoms with E-state index in [1.54, 1.807) is 0 Å². The van der Waals surface area contributed by atoms with Crippen molar-refractivity contribution in [1.29, 1.82) is 0 Å². The van der Waals surface area contributed by atoms with Gasteiger partial charge in [-0.1, -0.05) is 0 Å². The summed E-state index contributed by atoms with van der Waals surface area (Å²) in [4.78, 5) is 0. The average molecular weight is 139 g/mol. The van der Waals surface area contributed by atoms with Crippen LogP contribution in [0, 0.1) is 0 Å². The molecule has 0 aromatic rings. The van der Waals surface area contributed by atoms with Crippen molar-refractivity contribution in [3.8, 4) is 0 Å². The Morgan fingerprint density at radius 1 is 0.667 bits per heavy atom. The van der Waals surface area contributed by atoms with E-state index in [0.717, 1.165) is 0 Å². The van der Waals surface area contributed by atoms with Gasteiger partial charge in [-0.2, -0.15) is 0 Å². The average Bonchev–Trinajstić information content (AvgIpc) is 0.650. The fourth-order valence-electron chi connectivity index (χ4n) is 0. The molecule has 0 heterocycles. The summed E-state index contributed by atoms with van der Waals surface area (Å²) in [5.41, 5.74) is 0. The Labute approximate surface area is 31.5 Å². The molecule has 0 amide bonds. The maximum absolute atomic E-state index is 8.59. The third-order valence-corrected chi connectivity index (χ3v) is 0. The van der Waals surface area contributed by atoms with Crippen LogP contribution in [0.25, 0.3) is 0 Å². The molecule has 0 aliphatic heterocycles. The molecule has 0 aliphatic carbocycles. The van der Waals surface area contributed by atoms with Gasteiger partial charge >= 0.3 is 30.6 Å². The first kappa shape index (κ1) is 5.51. The Morgan fingerprint density at radius 3 is 0.667 bits per heavy atom. The predicted octanol–water partition coefficient (Wildman–Crippen LogP) is -0.597. The number of hydrogen-bond acceptors (Lipinski definition) is 5. The van der Waals surface area contributed by atoms with Crippen molar-refractivity contribution in [2.24, 2.45) is 0 Å². The summed E-state index contributed by atoms with van der Waals surface area (Å²) < 4.78 is 42.9. The molecule has 0 rings (SSSR count). The van der Waals surface area contributed by atoms with Crippen LogP contribution < -0.4 is 0 Å². The van der Waals surface area contributed by atoms with E-state index in [2.05, 4.69) is 0 Å². The fraction of sp³-hybridized carbons (Fsp3) is 0. The SMILES string of the molecule is [O]=[Co-7](=[O])(=[O])(=[O])=[O].